The van der Waals surface area contributed by atoms with Gasteiger partial charge in [-0.15, -0.1) is 0 Å². The molecule has 0 aliphatic carbocycles. The SMILES string of the molecule is O=C(c1ccccc1)C(NCCc1ccccc1)c1ccccc1. The van der Waals surface area contributed by atoms with E-state index in [1.807, 2.05) is 78.9 Å². The maximum atomic E-state index is 12.9. The molecule has 3 aromatic rings. The van der Waals surface area contributed by atoms with Crippen molar-refractivity contribution in [1.29, 1.82) is 0 Å². The Morgan fingerprint density at radius 1 is 0.750 bits per heavy atom. The number of rotatable bonds is 7. The largest absolute Gasteiger partial charge is 0.303 e. The van der Waals surface area contributed by atoms with Gasteiger partial charge < -0.3 is 5.32 Å². The maximum absolute atomic E-state index is 12.9. The van der Waals surface area contributed by atoms with E-state index >= 15 is 0 Å². The van der Waals surface area contributed by atoms with Gasteiger partial charge in [0.1, 0.15) is 0 Å². The molecule has 0 saturated heterocycles. The third kappa shape index (κ3) is 4.18. The van der Waals surface area contributed by atoms with Crippen LogP contribution in [0.5, 0.6) is 0 Å². The first-order valence-electron chi connectivity index (χ1n) is 8.26. The van der Waals surface area contributed by atoms with Gasteiger partial charge in [0.2, 0.25) is 0 Å². The van der Waals surface area contributed by atoms with Crippen molar-refractivity contribution in [3.05, 3.63) is 108 Å². The zero-order valence-electron chi connectivity index (χ0n) is 13.6. The van der Waals surface area contributed by atoms with Gasteiger partial charge in [-0.05, 0) is 17.5 Å². The number of carbonyl (C=O) groups is 1. The van der Waals surface area contributed by atoms with Crippen LogP contribution in [0.15, 0.2) is 91.0 Å². The number of ketones is 1. The fourth-order valence-electron chi connectivity index (χ4n) is 2.78. The average Bonchev–Trinajstić information content (AvgIpc) is 2.67. The lowest BCUT2D eigenvalue weighted by molar-refractivity contribution is 0.0943. The summed E-state index contributed by atoms with van der Waals surface area (Å²) >= 11 is 0. The minimum atomic E-state index is -0.322. The van der Waals surface area contributed by atoms with E-state index in [2.05, 4.69) is 17.4 Å². The molecule has 0 aliphatic rings. The molecule has 0 amide bonds. The van der Waals surface area contributed by atoms with Gasteiger partial charge in [-0.2, -0.15) is 0 Å². The van der Waals surface area contributed by atoms with Crippen molar-refractivity contribution >= 4 is 5.78 Å². The summed E-state index contributed by atoms with van der Waals surface area (Å²) in [5.41, 5.74) is 3.00. The van der Waals surface area contributed by atoms with Crippen molar-refractivity contribution in [3.63, 3.8) is 0 Å². The summed E-state index contributed by atoms with van der Waals surface area (Å²) in [5, 5.41) is 3.43. The molecule has 0 bridgehead atoms. The number of nitrogens with one attached hydrogen (secondary N) is 1. The van der Waals surface area contributed by atoms with E-state index in [9.17, 15) is 4.79 Å². The molecule has 24 heavy (non-hydrogen) atoms. The molecule has 2 nitrogen and oxygen atoms in total. The van der Waals surface area contributed by atoms with E-state index in [1.165, 1.54) is 5.56 Å². The Labute approximate surface area is 143 Å². The van der Waals surface area contributed by atoms with Crippen molar-refractivity contribution in [2.24, 2.45) is 0 Å². The van der Waals surface area contributed by atoms with Gasteiger partial charge in [0.15, 0.2) is 5.78 Å². The summed E-state index contributed by atoms with van der Waals surface area (Å²) < 4.78 is 0. The van der Waals surface area contributed by atoms with E-state index in [0.29, 0.717) is 0 Å². The molecule has 3 aromatic carbocycles. The Balaban J connectivity index is 1.74. The Bertz CT molecular complexity index is 754. The summed E-state index contributed by atoms with van der Waals surface area (Å²) in [7, 11) is 0. The number of benzene rings is 3. The van der Waals surface area contributed by atoms with Crippen molar-refractivity contribution in [2.45, 2.75) is 12.5 Å². The van der Waals surface area contributed by atoms with Gasteiger partial charge in [-0.1, -0.05) is 91.0 Å². The fourth-order valence-corrected chi connectivity index (χ4v) is 2.78. The van der Waals surface area contributed by atoms with Gasteiger partial charge >= 0.3 is 0 Å². The van der Waals surface area contributed by atoms with Crippen LogP contribution in [0.25, 0.3) is 0 Å². The predicted octanol–water partition coefficient (Wildman–Crippen LogP) is 4.44. The first-order chi connectivity index (χ1) is 11.8. The molecule has 0 aliphatic heterocycles. The van der Waals surface area contributed by atoms with Crippen LogP contribution in [0.3, 0.4) is 0 Å². The zero-order valence-corrected chi connectivity index (χ0v) is 13.6. The van der Waals surface area contributed by atoms with E-state index in [-0.39, 0.29) is 11.8 Å². The monoisotopic (exact) mass is 315 g/mol. The second-order valence-electron chi connectivity index (χ2n) is 5.76. The maximum Gasteiger partial charge on any atom is 0.184 e. The van der Waals surface area contributed by atoms with Crippen LogP contribution < -0.4 is 5.32 Å². The van der Waals surface area contributed by atoms with E-state index in [4.69, 9.17) is 0 Å². The van der Waals surface area contributed by atoms with Crippen LogP contribution in [0.2, 0.25) is 0 Å². The molecule has 0 radical (unpaired) electrons. The summed E-state index contributed by atoms with van der Waals surface area (Å²) in [5.74, 6) is 0.106. The summed E-state index contributed by atoms with van der Waals surface area (Å²) in [6, 6.07) is 29.4. The first-order valence-corrected chi connectivity index (χ1v) is 8.26. The van der Waals surface area contributed by atoms with Crippen LogP contribution in [0.1, 0.15) is 27.5 Å². The molecule has 0 heterocycles. The van der Waals surface area contributed by atoms with Gasteiger partial charge in [0.05, 0.1) is 6.04 Å². The molecule has 120 valence electrons. The highest BCUT2D eigenvalue weighted by Gasteiger charge is 2.20. The van der Waals surface area contributed by atoms with Gasteiger partial charge in [0, 0.05) is 12.1 Å². The van der Waals surface area contributed by atoms with E-state index in [1.54, 1.807) is 0 Å². The lowest BCUT2D eigenvalue weighted by Crippen LogP contribution is -2.30. The molecule has 1 unspecified atom stereocenters. The summed E-state index contributed by atoms with van der Waals surface area (Å²) in [4.78, 5) is 12.9. The van der Waals surface area contributed by atoms with E-state index in [0.717, 1.165) is 24.1 Å². The number of carbonyl (C=O) groups excluding carboxylic acids is 1. The topological polar surface area (TPSA) is 29.1 Å². The molecule has 0 fully saturated rings. The summed E-state index contributed by atoms with van der Waals surface area (Å²) in [6.07, 6.45) is 0.895. The fraction of sp³-hybridized carbons (Fsp3) is 0.136. The smallest absolute Gasteiger partial charge is 0.184 e. The van der Waals surface area contributed by atoms with Crippen molar-refractivity contribution < 1.29 is 4.79 Å². The lowest BCUT2D eigenvalue weighted by atomic mass is 9.97. The standard InChI is InChI=1S/C22H21NO/c24-22(20-14-8-3-9-15-20)21(19-12-6-2-7-13-19)23-17-16-18-10-4-1-5-11-18/h1-15,21,23H,16-17H2. The minimum absolute atomic E-state index is 0.106. The van der Waals surface area contributed by atoms with Gasteiger partial charge in [0.25, 0.3) is 0 Å². The Morgan fingerprint density at radius 3 is 1.92 bits per heavy atom. The molecule has 3 rings (SSSR count). The summed E-state index contributed by atoms with van der Waals surface area (Å²) in [6.45, 7) is 0.752. The molecule has 1 atom stereocenters. The van der Waals surface area contributed by atoms with Crippen LogP contribution >= 0.6 is 0 Å². The molecule has 0 saturated carbocycles. The Kier molecular flexibility index (Phi) is 5.54. The average molecular weight is 315 g/mol. The van der Waals surface area contributed by atoms with Gasteiger partial charge in [-0.25, -0.2) is 0 Å². The zero-order chi connectivity index (χ0) is 16.6. The molecule has 1 N–H and O–H groups in total. The Hall–Kier alpha value is -2.71. The molecule has 0 aromatic heterocycles. The van der Waals surface area contributed by atoms with Gasteiger partial charge in [-0.3, -0.25) is 4.79 Å². The molecular weight excluding hydrogens is 294 g/mol. The van der Waals surface area contributed by atoms with Crippen molar-refractivity contribution in [1.82, 2.24) is 5.32 Å². The van der Waals surface area contributed by atoms with Crippen molar-refractivity contribution in [3.8, 4) is 0 Å². The minimum Gasteiger partial charge on any atom is -0.303 e. The third-order valence-corrected chi connectivity index (χ3v) is 4.06. The van der Waals surface area contributed by atoms with Crippen LogP contribution in [0.4, 0.5) is 0 Å². The lowest BCUT2D eigenvalue weighted by Gasteiger charge is -2.18. The first kappa shape index (κ1) is 16.2. The van der Waals surface area contributed by atoms with Crippen LogP contribution in [-0.2, 0) is 6.42 Å². The predicted molar refractivity (Wildman–Crippen MR) is 98.1 cm³/mol. The molecular formula is C22H21NO. The highest BCUT2D eigenvalue weighted by atomic mass is 16.1. The van der Waals surface area contributed by atoms with E-state index < -0.39 is 0 Å². The quantitative estimate of drug-likeness (QED) is 0.653. The van der Waals surface area contributed by atoms with Crippen LogP contribution in [0, 0.1) is 0 Å². The molecule has 2 heteroatoms. The third-order valence-electron chi connectivity index (χ3n) is 4.06. The van der Waals surface area contributed by atoms with Crippen LogP contribution in [-0.4, -0.2) is 12.3 Å². The van der Waals surface area contributed by atoms with Crippen molar-refractivity contribution in [2.75, 3.05) is 6.54 Å². The normalized spacial score (nSPS) is 11.8. The number of hydrogen-bond acceptors (Lipinski definition) is 2. The number of Topliss-reactive ketones (excluding diaryl/α,β-unsaturated/α-hetero) is 1. The number of hydrogen-bond donors (Lipinski definition) is 1. The second kappa shape index (κ2) is 8.23. The Morgan fingerprint density at radius 2 is 1.29 bits per heavy atom. The highest BCUT2D eigenvalue weighted by Crippen LogP contribution is 2.18. The molecule has 0 spiro atoms. The highest BCUT2D eigenvalue weighted by molar-refractivity contribution is 6.00. The second-order valence-corrected chi connectivity index (χ2v) is 5.76.